The topological polar surface area (TPSA) is 105 Å². The summed E-state index contributed by atoms with van der Waals surface area (Å²) >= 11 is 0. The number of carbonyl (C=O) groups is 1. The Bertz CT molecular complexity index is 1280. The lowest BCUT2D eigenvalue weighted by Gasteiger charge is -2.25. The monoisotopic (exact) mass is 1050 g/mol. The molecule has 0 aliphatic heterocycles. The first-order valence-electron chi connectivity index (χ1n) is 31.9. The Morgan fingerprint density at radius 1 is 0.452 bits per heavy atom. The van der Waals surface area contributed by atoms with Crippen LogP contribution in [0.25, 0.3) is 0 Å². The summed E-state index contributed by atoms with van der Waals surface area (Å²) in [6, 6.07) is -0.869. The molecule has 3 atom stereocenters. The quantitative estimate of drug-likeness (QED) is 0.0243. The van der Waals surface area contributed by atoms with Crippen molar-refractivity contribution in [1.82, 2.24) is 5.32 Å². The number of quaternary nitrogens is 1. The first-order valence-corrected chi connectivity index (χ1v) is 33.4. The van der Waals surface area contributed by atoms with E-state index in [1.54, 1.807) is 6.08 Å². The van der Waals surface area contributed by atoms with Gasteiger partial charge in [-0.15, -0.1) is 0 Å². The molecule has 0 aliphatic rings. The molecule has 0 spiro atoms. The summed E-state index contributed by atoms with van der Waals surface area (Å²) < 4.78 is 23.7. The summed E-state index contributed by atoms with van der Waals surface area (Å²) in [5, 5.41) is 13.9. The number of phosphoric ester groups is 1. The molecule has 0 rings (SSSR count). The van der Waals surface area contributed by atoms with Crippen molar-refractivity contribution in [3.63, 3.8) is 0 Å². The number of amides is 1. The minimum Gasteiger partial charge on any atom is -0.387 e. The van der Waals surface area contributed by atoms with E-state index in [0.29, 0.717) is 17.4 Å². The van der Waals surface area contributed by atoms with Gasteiger partial charge < -0.3 is 19.8 Å². The molecule has 0 saturated heterocycles. The van der Waals surface area contributed by atoms with E-state index in [0.717, 1.165) is 44.9 Å². The zero-order valence-electron chi connectivity index (χ0n) is 49.4. The SMILES string of the molecule is CCCCCCCCCCCCCCCCCCCC/C=C/CC/C=C/CC/C=C/C(O)C(COP(=O)(O)OCC[N+](C)(C)C)NC(=O)CCCCCCCCCCCCCCCCCCCCCCCCC. The number of unbranched alkanes of at least 4 members (excludes halogenated alkanes) is 42. The highest BCUT2D eigenvalue weighted by atomic mass is 31.2. The van der Waals surface area contributed by atoms with Crippen molar-refractivity contribution in [2.75, 3.05) is 40.9 Å². The molecule has 0 heterocycles. The van der Waals surface area contributed by atoms with Crippen molar-refractivity contribution in [2.24, 2.45) is 0 Å². The van der Waals surface area contributed by atoms with Crippen LogP contribution in [-0.4, -0.2) is 73.4 Å². The number of hydrogen-bond acceptors (Lipinski definition) is 5. The van der Waals surface area contributed by atoms with Crippen molar-refractivity contribution in [3.8, 4) is 0 Å². The second-order valence-electron chi connectivity index (χ2n) is 23.1. The van der Waals surface area contributed by atoms with Gasteiger partial charge in [0, 0.05) is 6.42 Å². The lowest BCUT2D eigenvalue weighted by atomic mass is 10.0. The molecule has 0 saturated carbocycles. The highest BCUT2D eigenvalue weighted by Gasteiger charge is 2.27. The number of likely N-dealkylation sites (N-methyl/N-ethyl adjacent to an activating group) is 1. The van der Waals surface area contributed by atoms with E-state index < -0.39 is 20.0 Å². The van der Waals surface area contributed by atoms with Gasteiger partial charge in [-0.1, -0.05) is 301 Å². The number of carbonyl (C=O) groups excluding carboxylic acids is 1. The van der Waals surface area contributed by atoms with Crippen LogP contribution < -0.4 is 5.32 Å². The van der Waals surface area contributed by atoms with Crippen LogP contribution >= 0.6 is 7.82 Å². The fourth-order valence-corrected chi connectivity index (χ4v) is 10.3. The van der Waals surface area contributed by atoms with E-state index in [-0.39, 0.29) is 19.1 Å². The molecule has 0 bridgehead atoms. The predicted octanol–water partition coefficient (Wildman–Crippen LogP) is 19.7. The number of allylic oxidation sites excluding steroid dienone is 5. The van der Waals surface area contributed by atoms with Crippen LogP contribution in [0.5, 0.6) is 0 Å². The third-order valence-electron chi connectivity index (χ3n) is 14.6. The van der Waals surface area contributed by atoms with E-state index >= 15 is 0 Å². The van der Waals surface area contributed by atoms with E-state index in [1.807, 2.05) is 27.2 Å². The number of aliphatic hydroxyl groups excluding tert-OH is 1. The van der Waals surface area contributed by atoms with Crippen LogP contribution in [0.4, 0.5) is 0 Å². The molecule has 0 aromatic carbocycles. The minimum atomic E-state index is -4.36. The third kappa shape index (κ3) is 58.2. The fraction of sp³-hybridized carbons (Fsp3) is 0.891. The molecule has 0 fully saturated rings. The Labute approximate surface area is 455 Å². The predicted molar refractivity (Wildman–Crippen MR) is 318 cm³/mol. The zero-order valence-corrected chi connectivity index (χ0v) is 50.3. The van der Waals surface area contributed by atoms with Gasteiger partial charge in [0.05, 0.1) is 39.9 Å². The fourth-order valence-electron chi connectivity index (χ4n) is 9.61. The minimum absolute atomic E-state index is 0.0553. The van der Waals surface area contributed by atoms with Gasteiger partial charge >= 0.3 is 7.82 Å². The molecule has 432 valence electrons. The summed E-state index contributed by atoms with van der Waals surface area (Å²) in [4.78, 5) is 23.3. The average Bonchev–Trinajstić information content (AvgIpc) is 3.35. The highest BCUT2D eigenvalue weighted by molar-refractivity contribution is 7.47. The molecule has 3 N–H and O–H groups in total. The Kier molecular flexibility index (Phi) is 54.5. The number of nitrogens with one attached hydrogen (secondary N) is 1. The average molecular weight is 1050 g/mol. The third-order valence-corrected chi connectivity index (χ3v) is 15.6. The molecule has 9 heteroatoms. The summed E-state index contributed by atoms with van der Waals surface area (Å²) in [6.45, 7) is 4.84. The molecule has 1 amide bonds. The molecule has 0 aromatic heterocycles. The number of hydrogen-bond donors (Lipinski definition) is 3. The van der Waals surface area contributed by atoms with Gasteiger partial charge in [0.25, 0.3) is 0 Å². The van der Waals surface area contributed by atoms with Crippen LogP contribution in [0.3, 0.4) is 0 Å². The maximum atomic E-state index is 13.0. The number of aliphatic hydroxyl groups is 1. The molecule has 73 heavy (non-hydrogen) atoms. The smallest absolute Gasteiger partial charge is 0.387 e. The van der Waals surface area contributed by atoms with Crippen LogP contribution in [-0.2, 0) is 18.4 Å². The zero-order chi connectivity index (χ0) is 53.5. The van der Waals surface area contributed by atoms with Gasteiger partial charge in [-0.05, 0) is 44.9 Å². The van der Waals surface area contributed by atoms with Crippen molar-refractivity contribution < 1.29 is 32.9 Å². The Balaban J connectivity index is 4.19. The second kappa shape index (κ2) is 55.5. The van der Waals surface area contributed by atoms with Crippen LogP contribution in [0.2, 0.25) is 0 Å². The van der Waals surface area contributed by atoms with Crippen molar-refractivity contribution in [1.29, 1.82) is 0 Å². The first kappa shape index (κ1) is 71.7. The first-order chi connectivity index (χ1) is 35.5. The summed E-state index contributed by atoms with van der Waals surface area (Å²) in [6.07, 6.45) is 72.8. The maximum absolute atomic E-state index is 13.0. The lowest BCUT2D eigenvalue weighted by molar-refractivity contribution is -0.870. The summed E-state index contributed by atoms with van der Waals surface area (Å²) in [7, 11) is 1.56. The van der Waals surface area contributed by atoms with Gasteiger partial charge in [-0.3, -0.25) is 13.8 Å². The standard InChI is InChI=1S/C64H125N2O6P/c1-6-8-10-12-14-16-18-20-22-24-26-28-30-31-32-33-34-36-37-39-41-43-45-47-49-51-53-55-57-63(67)62(61-72-73(69,70)71-60-59-66(3,4)5)65-64(68)58-56-54-52-50-48-46-44-42-40-38-35-29-27-25-23-21-19-17-15-13-11-9-7-2/h39,41,47,49,55,57,62-63,67H,6-38,40,42-46,48,50-54,56,58-61H2,1-5H3,(H-,65,68,69,70)/p+1/b41-39+,49-47+,57-55+. The normalized spacial score (nSPS) is 14.0. The van der Waals surface area contributed by atoms with E-state index in [4.69, 9.17) is 9.05 Å². The summed E-state index contributed by atoms with van der Waals surface area (Å²) in [5.41, 5.74) is 0. The largest absolute Gasteiger partial charge is 0.472 e. The Hall–Kier alpha value is -1.28. The Morgan fingerprint density at radius 2 is 0.753 bits per heavy atom. The number of phosphoric acid groups is 1. The van der Waals surface area contributed by atoms with Crippen molar-refractivity contribution >= 4 is 13.7 Å². The Morgan fingerprint density at radius 3 is 1.10 bits per heavy atom. The molecular weight excluding hydrogens is 924 g/mol. The van der Waals surface area contributed by atoms with Crippen molar-refractivity contribution in [2.45, 2.75) is 328 Å². The van der Waals surface area contributed by atoms with Gasteiger partial charge in [0.15, 0.2) is 0 Å². The molecular formula is C64H126N2O6P+. The van der Waals surface area contributed by atoms with Crippen LogP contribution in [0.1, 0.15) is 316 Å². The lowest BCUT2D eigenvalue weighted by Crippen LogP contribution is -2.45. The van der Waals surface area contributed by atoms with E-state index in [2.05, 4.69) is 43.5 Å². The summed E-state index contributed by atoms with van der Waals surface area (Å²) in [5.74, 6) is -0.185. The molecule has 8 nitrogen and oxygen atoms in total. The van der Waals surface area contributed by atoms with Gasteiger partial charge in [-0.2, -0.15) is 0 Å². The molecule has 3 unspecified atom stereocenters. The van der Waals surface area contributed by atoms with E-state index in [1.165, 1.54) is 250 Å². The molecule has 0 aliphatic carbocycles. The van der Waals surface area contributed by atoms with Gasteiger partial charge in [0.2, 0.25) is 5.91 Å². The number of rotatable bonds is 59. The van der Waals surface area contributed by atoms with Gasteiger partial charge in [0.1, 0.15) is 13.2 Å². The molecule has 0 aromatic rings. The highest BCUT2D eigenvalue weighted by Crippen LogP contribution is 2.43. The van der Waals surface area contributed by atoms with E-state index in [9.17, 15) is 19.4 Å². The maximum Gasteiger partial charge on any atom is 0.472 e. The van der Waals surface area contributed by atoms with Crippen molar-refractivity contribution in [3.05, 3.63) is 36.5 Å². The second-order valence-corrected chi connectivity index (χ2v) is 24.6. The van der Waals surface area contributed by atoms with Crippen LogP contribution in [0, 0.1) is 0 Å². The van der Waals surface area contributed by atoms with Gasteiger partial charge in [-0.25, -0.2) is 4.57 Å². The molecule has 0 radical (unpaired) electrons. The van der Waals surface area contributed by atoms with Crippen LogP contribution in [0.15, 0.2) is 36.5 Å². The number of nitrogens with zero attached hydrogens (tertiary/aromatic N) is 1.